The Kier molecular flexibility index (Phi) is 1.18. The molecule has 0 spiro atoms. The average Bonchev–Trinajstić information content (AvgIpc) is 2.33. The SMILES string of the molecule is [2H]C1([2H])CN(C)[C@H](c2cccnc2)C1([2H])[2H]. The van der Waals surface area contributed by atoms with E-state index in [9.17, 15) is 0 Å². The van der Waals surface area contributed by atoms with Gasteiger partial charge in [0.25, 0.3) is 0 Å². The average molecular weight is 166 g/mol. The van der Waals surface area contributed by atoms with Crippen molar-refractivity contribution < 1.29 is 5.48 Å². The van der Waals surface area contributed by atoms with Crippen LogP contribution in [0.1, 0.15) is 29.8 Å². The summed E-state index contributed by atoms with van der Waals surface area (Å²) in [5.74, 6) is 0. The Morgan fingerprint density at radius 3 is 3.25 bits per heavy atom. The van der Waals surface area contributed by atoms with E-state index in [0.717, 1.165) is 5.56 Å². The van der Waals surface area contributed by atoms with Crippen LogP contribution >= 0.6 is 0 Å². The number of aromatic nitrogens is 1. The minimum Gasteiger partial charge on any atom is -0.299 e. The predicted octanol–water partition coefficient (Wildman–Crippen LogP) is 1.85. The summed E-state index contributed by atoms with van der Waals surface area (Å²) in [4.78, 5) is 5.67. The zero-order valence-electron chi connectivity index (χ0n) is 11.0. The third-order valence-electron chi connectivity index (χ3n) is 2.01. The van der Waals surface area contributed by atoms with Crippen molar-refractivity contribution in [2.75, 3.05) is 13.6 Å². The van der Waals surface area contributed by atoms with Crippen molar-refractivity contribution >= 4 is 0 Å². The molecule has 64 valence electrons. The molecule has 0 bridgehead atoms. The van der Waals surface area contributed by atoms with Crippen LogP contribution in [-0.4, -0.2) is 23.5 Å². The largest absolute Gasteiger partial charge is 0.299 e. The van der Waals surface area contributed by atoms with E-state index in [2.05, 4.69) is 4.98 Å². The molecule has 1 atom stereocenters. The molecule has 1 fully saturated rings. The highest BCUT2D eigenvalue weighted by Crippen LogP contribution is 2.29. The second-order valence-electron chi connectivity index (χ2n) is 2.93. The van der Waals surface area contributed by atoms with Gasteiger partial charge in [0.05, 0.1) is 0 Å². The molecule has 0 unspecified atom stereocenters. The minimum atomic E-state index is -1.90. The van der Waals surface area contributed by atoms with Crippen molar-refractivity contribution in [2.45, 2.75) is 18.8 Å². The first-order chi connectivity index (χ1) is 7.36. The molecule has 12 heavy (non-hydrogen) atoms. The fraction of sp³-hybridized carbons (Fsp3) is 0.500. The summed E-state index contributed by atoms with van der Waals surface area (Å²) in [6.07, 6.45) is -0.504. The van der Waals surface area contributed by atoms with Gasteiger partial charge in [-0.05, 0) is 38.0 Å². The zero-order valence-corrected chi connectivity index (χ0v) is 6.99. The summed E-state index contributed by atoms with van der Waals surface area (Å²) in [6, 6.07) is 2.96. The normalized spacial score (nSPS) is 37.9. The number of hydrogen-bond acceptors (Lipinski definition) is 2. The summed E-state index contributed by atoms with van der Waals surface area (Å²) in [7, 11) is 1.74. The van der Waals surface area contributed by atoms with E-state index in [1.807, 2.05) is 0 Å². The number of pyridine rings is 1. The highest BCUT2D eigenvalue weighted by Gasteiger charge is 2.21. The van der Waals surface area contributed by atoms with Gasteiger partial charge in [-0.15, -0.1) is 0 Å². The van der Waals surface area contributed by atoms with E-state index in [4.69, 9.17) is 5.48 Å². The molecule has 0 amide bonds. The van der Waals surface area contributed by atoms with Crippen LogP contribution in [0.15, 0.2) is 24.5 Å². The highest BCUT2D eigenvalue weighted by atomic mass is 15.1. The smallest absolute Gasteiger partial charge is 0.0360 e. The third kappa shape index (κ3) is 1.34. The van der Waals surface area contributed by atoms with Gasteiger partial charge in [-0.25, -0.2) is 0 Å². The highest BCUT2D eigenvalue weighted by molar-refractivity contribution is 5.14. The lowest BCUT2D eigenvalue weighted by molar-refractivity contribution is 0.317. The van der Waals surface area contributed by atoms with E-state index in [1.165, 1.54) is 0 Å². The Balaban J connectivity index is 2.42. The molecule has 2 nitrogen and oxygen atoms in total. The van der Waals surface area contributed by atoms with Crippen molar-refractivity contribution in [3.63, 3.8) is 0 Å². The number of hydrogen-bond donors (Lipinski definition) is 0. The van der Waals surface area contributed by atoms with E-state index in [-0.39, 0.29) is 6.54 Å². The van der Waals surface area contributed by atoms with E-state index in [1.54, 1.807) is 36.5 Å². The van der Waals surface area contributed by atoms with Crippen LogP contribution in [0.3, 0.4) is 0 Å². The molecule has 0 aliphatic carbocycles. The molecule has 1 aliphatic rings. The van der Waals surface area contributed by atoms with Crippen molar-refractivity contribution in [1.29, 1.82) is 0 Å². The lowest BCUT2D eigenvalue weighted by Gasteiger charge is -2.18. The van der Waals surface area contributed by atoms with Gasteiger partial charge >= 0.3 is 0 Å². The molecule has 0 saturated carbocycles. The monoisotopic (exact) mass is 166 g/mol. The summed E-state index contributed by atoms with van der Waals surface area (Å²) >= 11 is 0. The lowest BCUT2D eigenvalue weighted by atomic mass is 10.1. The third-order valence-corrected chi connectivity index (χ3v) is 2.01. The van der Waals surface area contributed by atoms with Crippen LogP contribution in [0.25, 0.3) is 0 Å². The second-order valence-corrected chi connectivity index (χ2v) is 2.93. The van der Waals surface area contributed by atoms with Crippen LogP contribution in [0.5, 0.6) is 0 Å². The van der Waals surface area contributed by atoms with Crippen LogP contribution < -0.4 is 0 Å². The fourth-order valence-electron chi connectivity index (χ4n) is 1.34. The molecule has 1 aliphatic heterocycles. The standard InChI is InChI=1S/C10H14N2/c1-12-7-3-5-10(12)9-4-2-6-11-8-9/h2,4,6,8,10H,3,5,7H2,1H3/t10-/m0/s1/i3D2,5D2. The van der Waals surface area contributed by atoms with Gasteiger partial charge in [0, 0.05) is 23.9 Å². The predicted molar refractivity (Wildman–Crippen MR) is 48.8 cm³/mol. The van der Waals surface area contributed by atoms with Gasteiger partial charge in [0.15, 0.2) is 0 Å². The first kappa shape index (κ1) is 4.38. The van der Waals surface area contributed by atoms with Gasteiger partial charge in [-0.3, -0.25) is 9.88 Å². The maximum atomic E-state index is 7.94. The van der Waals surface area contributed by atoms with Crippen LogP contribution in [0.2, 0.25) is 0 Å². The maximum Gasteiger partial charge on any atom is 0.0360 e. The topological polar surface area (TPSA) is 16.1 Å². The zero-order chi connectivity index (χ0) is 12.0. The first-order valence-corrected chi connectivity index (χ1v) is 3.96. The molecule has 2 heterocycles. The van der Waals surface area contributed by atoms with Crippen molar-refractivity contribution in [3.05, 3.63) is 30.1 Å². The van der Waals surface area contributed by atoms with Crippen LogP contribution in [-0.2, 0) is 0 Å². The number of likely N-dealkylation sites (tertiary alicyclic amines) is 1. The molecule has 1 aromatic rings. The van der Waals surface area contributed by atoms with Crippen molar-refractivity contribution in [2.24, 2.45) is 0 Å². The second kappa shape index (κ2) is 3.23. The summed E-state index contributed by atoms with van der Waals surface area (Å²) in [6.45, 7) is 0.0968. The molecule has 2 rings (SSSR count). The molecule has 0 aromatic carbocycles. The van der Waals surface area contributed by atoms with E-state index >= 15 is 0 Å². The maximum absolute atomic E-state index is 7.94. The van der Waals surface area contributed by atoms with E-state index < -0.39 is 18.8 Å². The fourth-order valence-corrected chi connectivity index (χ4v) is 1.34. The Bertz CT molecular complexity index is 380. The lowest BCUT2D eigenvalue weighted by Crippen LogP contribution is -2.17. The molecule has 1 aromatic heterocycles. The van der Waals surface area contributed by atoms with Gasteiger partial charge < -0.3 is 0 Å². The molecule has 0 N–H and O–H groups in total. The molecule has 2 heteroatoms. The van der Waals surface area contributed by atoms with Crippen LogP contribution in [0.4, 0.5) is 0 Å². The summed E-state index contributed by atoms with van der Waals surface area (Å²) < 4.78 is 31.3. The number of nitrogens with zero attached hydrogens (tertiary/aromatic N) is 2. The molecular weight excluding hydrogens is 148 g/mol. The van der Waals surface area contributed by atoms with Crippen molar-refractivity contribution in [1.82, 2.24) is 9.88 Å². The quantitative estimate of drug-likeness (QED) is 0.633. The van der Waals surface area contributed by atoms with Gasteiger partial charge in [0.2, 0.25) is 0 Å². The molecule has 0 radical (unpaired) electrons. The molecule has 1 saturated heterocycles. The van der Waals surface area contributed by atoms with Crippen molar-refractivity contribution in [3.8, 4) is 0 Å². The van der Waals surface area contributed by atoms with Crippen LogP contribution in [0, 0.1) is 0 Å². The number of rotatable bonds is 1. The Morgan fingerprint density at radius 1 is 1.75 bits per heavy atom. The van der Waals surface area contributed by atoms with Gasteiger partial charge in [-0.2, -0.15) is 0 Å². The molecular formula is C10H14N2. The Labute approximate surface area is 78.8 Å². The summed E-state index contributed by atoms with van der Waals surface area (Å²) in [5.41, 5.74) is 0.719. The van der Waals surface area contributed by atoms with Gasteiger partial charge in [0.1, 0.15) is 0 Å². The Morgan fingerprint density at radius 2 is 2.67 bits per heavy atom. The minimum absolute atomic E-state index is 0.0968. The van der Waals surface area contributed by atoms with E-state index in [0.29, 0.717) is 0 Å². The first-order valence-electron chi connectivity index (χ1n) is 5.96. The summed E-state index contributed by atoms with van der Waals surface area (Å²) in [5, 5.41) is 0. The van der Waals surface area contributed by atoms with Gasteiger partial charge in [-0.1, -0.05) is 6.07 Å². The Hall–Kier alpha value is -0.890.